The summed E-state index contributed by atoms with van der Waals surface area (Å²) in [6.45, 7) is 3.49. The topological polar surface area (TPSA) is 80.4 Å². The van der Waals surface area contributed by atoms with E-state index in [1.54, 1.807) is 0 Å². The van der Waals surface area contributed by atoms with E-state index in [4.69, 9.17) is 10.3 Å². The van der Waals surface area contributed by atoms with E-state index in [9.17, 15) is 8.42 Å². The molecule has 0 aliphatic carbocycles. The van der Waals surface area contributed by atoms with E-state index in [2.05, 4.69) is 0 Å². The Morgan fingerprint density at radius 1 is 1.38 bits per heavy atom. The Balaban J connectivity index is 4.31. The normalized spacial score (nSPS) is 16.9. The average molecular weight is 209 g/mol. The lowest BCUT2D eigenvalue weighted by Gasteiger charge is -2.23. The fourth-order valence-corrected chi connectivity index (χ4v) is 1.70. The third kappa shape index (κ3) is 3.62. The van der Waals surface area contributed by atoms with Crippen LogP contribution in [-0.4, -0.2) is 24.3 Å². The Kier molecular flexibility index (Phi) is 4.88. The Bertz CT molecular complexity index is 238. The zero-order valence-corrected chi connectivity index (χ0v) is 9.10. The van der Waals surface area contributed by atoms with Gasteiger partial charge < -0.3 is 5.73 Å². The van der Waals surface area contributed by atoms with Crippen molar-refractivity contribution < 1.29 is 13.0 Å². The van der Waals surface area contributed by atoms with Crippen molar-refractivity contribution >= 4 is 10.1 Å². The summed E-state index contributed by atoms with van der Waals surface area (Å²) in [5.41, 5.74) is 5.34. The summed E-state index contributed by atoms with van der Waals surface area (Å²) in [5.74, 6) is 0. The lowest BCUT2D eigenvalue weighted by molar-refractivity contribution is 0.414. The van der Waals surface area contributed by atoms with Crippen LogP contribution in [0, 0.1) is 0 Å². The van der Waals surface area contributed by atoms with E-state index < -0.39 is 14.9 Å². The van der Waals surface area contributed by atoms with Crippen molar-refractivity contribution in [1.29, 1.82) is 0 Å². The van der Waals surface area contributed by atoms with Crippen LogP contribution in [0.25, 0.3) is 0 Å². The van der Waals surface area contributed by atoms with Gasteiger partial charge in [-0.3, -0.25) is 4.55 Å². The molecule has 0 aromatic heterocycles. The zero-order chi connectivity index (χ0) is 10.5. The third-order valence-corrected chi connectivity index (χ3v) is 3.98. The first-order chi connectivity index (χ1) is 5.87. The third-order valence-electron chi connectivity index (χ3n) is 2.36. The molecule has 0 aliphatic rings. The van der Waals surface area contributed by atoms with Gasteiger partial charge in [0.1, 0.15) is 4.75 Å². The molecular formula is C8H19NO3S. The molecule has 0 spiro atoms. The van der Waals surface area contributed by atoms with Crippen LogP contribution in [0.2, 0.25) is 0 Å². The molecule has 0 rings (SSSR count). The van der Waals surface area contributed by atoms with Gasteiger partial charge in [0.25, 0.3) is 10.1 Å². The molecule has 0 radical (unpaired) electrons. The fourth-order valence-electron chi connectivity index (χ4n) is 1.09. The molecule has 0 bridgehead atoms. The highest BCUT2D eigenvalue weighted by Crippen LogP contribution is 2.22. The average Bonchev–Trinajstić information content (AvgIpc) is 2.02. The van der Waals surface area contributed by atoms with Crippen molar-refractivity contribution in [3.63, 3.8) is 0 Å². The van der Waals surface area contributed by atoms with Crippen molar-refractivity contribution in [3.05, 3.63) is 0 Å². The molecular weight excluding hydrogens is 190 g/mol. The van der Waals surface area contributed by atoms with Crippen molar-refractivity contribution in [1.82, 2.24) is 0 Å². The Labute approximate surface area is 80.3 Å². The molecule has 1 unspecified atom stereocenters. The molecule has 0 saturated heterocycles. The quantitative estimate of drug-likeness (QED) is 0.508. The molecule has 0 fully saturated rings. The predicted octanol–water partition coefficient (Wildman–Crippen LogP) is 1.17. The summed E-state index contributed by atoms with van der Waals surface area (Å²) in [5, 5.41) is 0. The summed E-state index contributed by atoms with van der Waals surface area (Å²) in [6, 6.07) is 0. The second-order valence-electron chi connectivity index (χ2n) is 3.59. The highest BCUT2D eigenvalue weighted by atomic mass is 32.2. The molecule has 0 amide bonds. The van der Waals surface area contributed by atoms with Crippen molar-refractivity contribution in [2.45, 2.75) is 44.3 Å². The fraction of sp³-hybridized carbons (Fsp3) is 1.00. The number of unbranched alkanes of at least 4 members (excludes halogenated alkanes) is 2. The zero-order valence-electron chi connectivity index (χ0n) is 8.28. The molecule has 1 atom stereocenters. The lowest BCUT2D eigenvalue weighted by atomic mass is 10.0. The number of hydrogen-bond donors (Lipinski definition) is 2. The molecule has 3 N–H and O–H groups in total. The van der Waals surface area contributed by atoms with E-state index in [1.165, 1.54) is 6.92 Å². The van der Waals surface area contributed by atoms with Crippen LogP contribution in [0.4, 0.5) is 0 Å². The summed E-state index contributed by atoms with van der Waals surface area (Å²) in [7, 11) is -4.02. The van der Waals surface area contributed by atoms with E-state index in [-0.39, 0.29) is 6.54 Å². The van der Waals surface area contributed by atoms with Gasteiger partial charge in [-0.15, -0.1) is 0 Å². The maximum atomic E-state index is 11.0. The highest BCUT2D eigenvalue weighted by molar-refractivity contribution is 7.87. The van der Waals surface area contributed by atoms with Crippen LogP contribution in [0.15, 0.2) is 0 Å². The minimum Gasteiger partial charge on any atom is -0.329 e. The smallest absolute Gasteiger partial charge is 0.271 e. The molecule has 13 heavy (non-hydrogen) atoms. The van der Waals surface area contributed by atoms with Gasteiger partial charge in [-0.2, -0.15) is 8.42 Å². The van der Waals surface area contributed by atoms with E-state index in [0.717, 1.165) is 19.3 Å². The van der Waals surface area contributed by atoms with Crippen LogP contribution < -0.4 is 5.73 Å². The van der Waals surface area contributed by atoms with E-state index >= 15 is 0 Å². The van der Waals surface area contributed by atoms with Crippen LogP contribution in [0.3, 0.4) is 0 Å². The number of rotatable bonds is 6. The Morgan fingerprint density at radius 3 is 2.23 bits per heavy atom. The summed E-state index contributed by atoms with van der Waals surface area (Å²) < 4.78 is 29.7. The molecule has 80 valence electrons. The second-order valence-corrected chi connectivity index (χ2v) is 5.52. The number of nitrogens with two attached hydrogens (primary N) is 1. The van der Waals surface area contributed by atoms with Gasteiger partial charge in [0.2, 0.25) is 0 Å². The Morgan fingerprint density at radius 2 is 1.92 bits per heavy atom. The summed E-state index contributed by atoms with van der Waals surface area (Å²) in [6.07, 6.45) is 3.19. The molecule has 0 aromatic carbocycles. The van der Waals surface area contributed by atoms with Gasteiger partial charge in [-0.1, -0.05) is 26.2 Å². The van der Waals surface area contributed by atoms with E-state index in [0.29, 0.717) is 6.42 Å². The molecule has 0 aromatic rings. The van der Waals surface area contributed by atoms with E-state index in [1.807, 2.05) is 6.92 Å². The molecule has 0 saturated carbocycles. The first kappa shape index (κ1) is 12.9. The summed E-state index contributed by atoms with van der Waals surface area (Å²) in [4.78, 5) is 0. The van der Waals surface area contributed by atoms with Gasteiger partial charge >= 0.3 is 0 Å². The molecule has 0 heterocycles. The monoisotopic (exact) mass is 209 g/mol. The molecule has 4 nitrogen and oxygen atoms in total. The molecule has 0 aliphatic heterocycles. The second kappa shape index (κ2) is 4.93. The van der Waals surface area contributed by atoms with Crippen molar-refractivity contribution in [2.24, 2.45) is 5.73 Å². The van der Waals surface area contributed by atoms with Gasteiger partial charge in [-0.25, -0.2) is 0 Å². The van der Waals surface area contributed by atoms with Crippen LogP contribution in [0.1, 0.15) is 39.5 Å². The predicted molar refractivity (Wildman–Crippen MR) is 53.2 cm³/mol. The Hall–Kier alpha value is -0.130. The first-order valence-electron chi connectivity index (χ1n) is 4.54. The van der Waals surface area contributed by atoms with Gasteiger partial charge in [0, 0.05) is 6.54 Å². The SMILES string of the molecule is CCCCCC(C)(CN)S(=O)(=O)O. The maximum Gasteiger partial charge on any atom is 0.271 e. The highest BCUT2D eigenvalue weighted by Gasteiger charge is 2.35. The lowest BCUT2D eigenvalue weighted by Crippen LogP contribution is -2.42. The summed E-state index contributed by atoms with van der Waals surface area (Å²) >= 11 is 0. The van der Waals surface area contributed by atoms with Gasteiger partial charge in [0.15, 0.2) is 0 Å². The largest absolute Gasteiger partial charge is 0.329 e. The maximum absolute atomic E-state index is 11.0. The first-order valence-corrected chi connectivity index (χ1v) is 5.98. The van der Waals surface area contributed by atoms with Crippen molar-refractivity contribution in [3.8, 4) is 0 Å². The minimum atomic E-state index is -4.02. The van der Waals surface area contributed by atoms with Crippen LogP contribution >= 0.6 is 0 Å². The van der Waals surface area contributed by atoms with Crippen LogP contribution in [0.5, 0.6) is 0 Å². The molecule has 5 heteroatoms. The standard InChI is InChI=1S/C8H19NO3S/c1-3-4-5-6-8(2,7-9)13(10,11)12/h3-7,9H2,1-2H3,(H,10,11,12). The van der Waals surface area contributed by atoms with Gasteiger partial charge in [-0.05, 0) is 13.3 Å². The van der Waals surface area contributed by atoms with Crippen molar-refractivity contribution in [2.75, 3.05) is 6.54 Å². The number of hydrogen-bond acceptors (Lipinski definition) is 3. The van der Waals surface area contributed by atoms with Gasteiger partial charge in [0.05, 0.1) is 0 Å². The minimum absolute atomic E-state index is 0.0322. The van der Waals surface area contributed by atoms with Crippen LogP contribution in [-0.2, 0) is 10.1 Å².